The molecule has 180 valence electrons. The third-order valence-corrected chi connectivity index (χ3v) is 6.00. The van der Waals surface area contributed by atoms with Gasteiger partial charge in [-0.15, -0.1) is 6.42 Å². The maximum atomic E-state index is 14.3. The molecule has 0 fully saturated rings. The summed E-state index contributed by atoms with van der Waals surface area (Å²) < 4.78 is 46.7. The molecule has 0 saturated carbocycles. The minimum atomic E-state index is -4.06. The summed E-state index contributed by atoms with van der Waals surface area (Å²) in [6, 6.07) is 11.2. The monoisotopic (exact) mass is 525 g/mol. The molecule has 0 bridgehead atoms. The van der Waals surface area contributed by atoms with Crippen LogP contribution in [0.25, 0.3) is 0 Å². The summed E-state index contributed by atoms with van der Waals surface area (Å²) >= 11 is 0. The van der Waals surface area contributed by atoms with Crippen LogP contribution in [-0.4, -0.2) is 68.6 Å². The van der Waals surface area contributed by atoms with Crippen LogP contribution in [-0.2, 0) is 14.8 Å². The molecule has 0 radical (unpaired) electrons. The Morgan fingerprint density at radius 1 is 1.14 bits per heavy atom. The zero-order chi connectivity index (χ0) is 24.7. The zero-order valence-electron chi connectivity index (χ0n) is 18.4. The number of hydrogen-bond donors (Lipinski definition) is 3. The molecule has 3 N–H and O–H groups in total. The third kappa shape index (κ3) is 7.80. The fraction of sp³-hybridized carbons (Fsp3) is 0.174. The first-order valence-corrected chi connectivity index (χ1v) is 11.6. The van der Waals surface area contributed by atoms with Gasteiger partial charge < -0.3 is 15.4 Å². The van der Waals surface area contributed by atoms with E-state index in [0.717, 1.165) is 6.20 Å². The number of halogens is 1. The van der Waals surface area contributed by atoms with Crippen LogP contribution in [0.5, 0.6) is 5.75 Å². The van der Waals surface area contributed by atoms with Crippen molar-refractivity contribution in [3.63, 3.8) is 0 Å². The van der Waals surface area contributed by atoms with E-state index in [1.807, 2.05) is 4.72 Å². The van der Waals surface area contributed by atoms with Gasteiger partial charge in [0.05, 0.1) is 11.1 Å². The summed E-state index contributed by atoms with van der Waals surface area (Å²) in [5.41, 5.74) is 1.33. The molecule has 9 nitrogen and oxygen atoms in total. The predicted octanol–water partition coefficient (Wildman–Crippen LogP) is 2.72. The second-order valence-corrected chi connectivity index (χ2v) is 8.67. The number of rotatable bonds is 9. The summed E-state index contributed by atoms with van der Waals surface area (Å²) in [6.07, 6.45) is 6.17. The summed E-state index contributed by atoms with van der Waals surface area (Å²) in [4.78, 5) is 19.5. The molecule has 0 saturated heterocycles. The van der Waals surface area contributed by atoms with Crippen molar-refractivity contribution in [2.75, 3.05) is 17.2 Å². The number of carbonyl (C=O) groups is 1. The number of amides is 1. The number of nitrogens with one attached hydrogen (secondary N) is 3. The number of carbonyl (C=O) groups excluding carboxylic acids is 1. The van der Waals surface area contributed by atoms with Crippen molar-refractivity contribution in [3.05, 3.63) is 60.0 Å². The Morgan fingerprint density at radius 2 is 1.83 bits per heavy atom. The maximum absolute atomic E-state index is 14.3. The van der Waals surface area contributed by atoms with Crippen molar-refractivity contribution in [2.45, 2.75) is 25.2 Å². The standard InChI is InChI=1S/C23H22FN5O4S.Ca.2H/c1-4-12-33-18-10-8-16(9-11-18)26-22-19(24)14-25-23(28-22)27-17-7-6-15(3)20(13-17)34(31,32)29-21(30)5-2;;;/h1,6-11,13-14H,5,12H2,2-3H3,(H,29,30)(H2,25,26,27,28);;;. The van der Waals surface area contributed by atoms with Crippen LogP contribution in [0.2, 0.25) is 0 Å². The molecular formula is C23H24CaFN5O4S. The Labute approximate surface area is 233 Å². The molecule has 2 aromatic carbocycles. The van der Waals surface area contributed by atoms with Gasteiger partial charge in [-0.1, -0.05) is 18.9 Å². The first-order valence-electron chi connectivity index (χ1n) is 10.1. The fourth-order valence-corrected chi connectivity index (χ4v) is 4.11. The van der Waals surface area contributed by atoms with E-state index in [1.54, 1.807) is 50.2 Å². The zero-order valence-corrected chi connectivity index (χ0v) is 19.2. The molecule has 0 aliphatic rings. The SMILES string of the molecule is C#CCOc1ccc(Nc2nc(Nc3ccc(C)c(S(=O)(=O)NC(=O)CC)c3)ncc2F)cc1.[CaH2]. The second kappa shape index (κ2) is 12.7. The number of aryl methyl sites for hydroxylation is 1. The Hall–Kier alpha value is -2.91. The van der Waals surface area contributed by atoms with Crippen LogP contribution in [0.15, 0.2) is 53.6 Å². The number of ether oxygens (including phenoxy) is 1. The second-order valence-electron chi connectivity index (χ2n) is 7.02. The van der Waals surface area contributed by atoms with Crippen molar-refractivity contribution < 1.29 is 22.3 Å². The molecular weight excluding hydrogens is 501 g/mol. The van der Waals surface area contributed by atoms with E-state index in [0.29, 0.717) is 22.7 Å². The van der Waals surface area contributed by atoms with Crippen LogP contribution in [0.3, 0.4) is 0 Å². The Bertz CT molecular complexity index is 1350. The van der Waals surface area contributed by atoms with E-state index in [9.17, 15) is 17.6 Å². The molecule has 3 aromatic rings. The van der Waals surface area contributed by atoms with Crippen LogP contribution >= 0.6 is 0 Å². The van der Waals surface area contributed by atoms with Gasteiger partial charge in [-0.05, 0) is 48.9 Å². The van der Waals surface area contributed by atoms with Gasteiger partial charge >= 0.3 is 37.7 Å². The van der Waals surface area contributed by atoms with Crippen LogP contribution in [0, 0.1) is 25.1 Å². The van der Waals surface area contributed by atoms with Gasteiger partial charge in [0.25, 0.3) is 10.0 Å². The topological polar surface area (TPSA) is 122 Å². The first-order chi connectivity index (χ1) is 16.2. The van der Waals surface area contributed by atoms with Gasteiger partial charge in [0.15, 0.2) is 11.6 Å². The first kappa shape index (κ1) is 28.3. The molecule has 0 unspecified atom stereocenters. The molecule has 3 rings (SSSR count). The number of hydrogen-bond acceptors (Lipinski definition) is 8. The van der Waals surface area contributed by atoms with Gasteiger partial charge in [0.2, 0.25) is 11.9 Å². The Kier molecular flexibility index (Phi) is 10.3. The van der Waals surface area contributed by atoms with E-state index in [1.165, 1.54) is 6.07 Å². The molecule has 12 heteroatoms. The number of aromatic nitrogens is 2. The van der Waals surface area contributed by atoms with Crippen LogP contribution < -0.4 is 20.1 Å². The van der Waals surface area contributed by atoms with E-state index < -0.39 is 21.7 Å². The van der Waals surface area contributed by atoms with Gasteiger partial charge in [-0.3, -0.25) is 4.79 Å². The van der Waals surface area contributed by atoms with Gasteiger partial charge in [0.1, 0.15) is 12.4 Å². The van der Waals surface area contributed by atoms with E-state index in [-0.39, 0.29) is 67.4 Å². The van der Waals surface area contributed by atoms with Crippen LogP contribution in [0.4, 0.5) is 27.5 Å². The van der Waals surface area contributed by atoms with Crippen molar-refractivity contribution in [2.24, 2.45) is 0 Å². The fourth-order valence-electron chi connectivity index (χ4n) is 2.78. The summed E-state index contributed by atoms with van der Waals surface area (Å²) in [6.45, 7) is 3.29. The minimum absolute atomic E-state index is 0. The number of anilines is 4. The van der Waals surface area contributed by atoms with E-state index in [2.05, 4.69) is 26.5 Å². The molecule has 1 aromatic heterocycles. The predicted molar refractivity (Wildman–Crippen MR) is 135 cm³/mol. The van der Waals surface area contributed by atoms with Crippen molar-refractivity contribution in [1.29, 1.82) is 0 Å². The molecule has 1 heterocycles. The number of terminal acetylenes is 1. The number of sulfonamides is 1. The molecule has 0 aliphatic heterocycles. The molecule has 1 amide bonds. The average molecular weight is 526 g/mol. The van der Waals surface area contributed by atoms with Gasteiger partial charge in [-0.2, -0.15) is 4.98 Å². The Morgan fingerprint density at radius 3 is 2.49 bits per heavy atom. The van der Waals surface area contributed by atoms with Gasteiger partial charge in [0, 0.05) is 17.8 Å². The number of nitrogens with zero attached hydrogens (tertiary/aromatic N) is 2. The Balaban J connectivity index is 0.00000432. The quantitative estimate of drug-likeness (QED) is 0.288. The van der Waals surface area contributed by atoms with Crippen LogP contribution in [0.1, 0.15) is 18.9 Å². The molecule has 0 aliphatic carbocycles. The summed E-state index contributed by atoms with van der Waals surface area (Å²) in [7, 11) is -4.06. The average Bonchev–Trinajstić information content (AvgIpc) is 2.81. The number of benzene rings is 2. The summed E-state index contributed by atoms with van der Waals surface area (Å²) in [5.74, 6) is 1.56. The van der Waals surface area contributed by atoms with Crippen molar-refractivity contribution in [3.8, 4) is 18.1 Å². The molecule has 0 spiro atoms. The van der Waals surface area contributed by atoms with Crippen molar-refractivity contribution in [1.82, 2.24) is 14.7 Å². The third-order valence-electron chi connectivity index (χ3n) is 4.49. The van der Waals surface area contributed by atoms with E-state index >= 15 is 0 Å². The summed E-state index contributed by atoms with van der Waals surface area (Å²) in [5, 5.41) is 5.70. The van der Waals surface area contributed by atoms with Crippen molar-refractivity contribution >= 4 is 76.8 Å². The molecule has 0 atom stereocenters. The van der Waals surface area contributed by atoms with Gasteiger partial charge in [-0.25, -0.2) is 22.5 Å². The molecule has 35 heavy (non-hydrogen) atoms. The van der Waals surface area contributed by atoms with E-state index in [4.69, 9.17) is 11.2 Å². The normalized spacial score (nSPS) is 10.5.